The molecule has 0 saturated carbocycles. The number of carbonyl (C=O) groups is 1. The van der Waals surface area contributed by atoms with Crippen LogP contribution in [0, 0.1) is 0 Å². The maximum Gasteiger partial charge on any atom is 0.354 e. The molecule has 6 heteroatoms. The van der Waals surface area contributed by atoms with Crippen molar-refractivity contribution in [1.82, 2.24) is 14.5 Å². The molecule has 4 aromatic rings. The number of aromatic nitrogens is 3. The number of carboxylic acids is 1. The van der Waals surface area contributed by atoms with E-state index in [1.54, 1.807) is 12.1 Å². The quantitative estimate of drug-likeness (QED) is 0.243. The van der Waals surface area contributed by atoms with Gasteiger partial charge in [-0.05, 0) is 36.2 Å². The summed E-state index contributed by atoms with van der Waals surface area (Å²) in [4.78, 5) is 20.6. The van der Waals surface area contributed by atoms with E-state index in [4.69, 9.17) is 9.72 Å². The summed E-state index contributed by atoms with van der Waals surface area (Å²) in [6.07, 6.45) is 7.33. The van der Waals surface area contributed by atoms with E-state index in [0.29, 0.717) is 24.7 Å². The minimum absolute atomic E-state index is 0.00113. The van der Waals surface area contributed by atoms with Crippen molar-refractivity contribution in [2.75, 3.05) is 6.61 Å². The summed E-state index contributed by atoms with van der Waals surface area (Å²) in [6.45, 7) is 3.51. The average Bonchev–Trinajstić information content (AvgIpc) is 3.22. The van der Waals surface area contributed by atoms with Gasteiger partial charge < -0.3 is 14.4 Å². The fourth-order valence-corrected chi connectivity index (χ4v) is 4.06. The highest BCUT2D eigenvalue weighted by Crippen LogP contribution is 2.28. The number of carboxylic acid groups (broad SMARTS) is 1. The molecule has 0 fully saturated rings. The zero-order chi connectivity index (χ0) is 23.8. The number of hydrogen-bond acceptors (Lipinski definition) is 4. The van der Waals surface area contributed by atoms with E-state index in [-0.39, 0.29) is 5.69 Å². The van der Waals surface area contributed by atoms with Crippen LogP contribution in [0.3, 0.4) is 0 Å². The van der Waals surface area contributed by atoms with Crippen molar-refractivity contribution in [1.29, 1.82) is 0 Å². The topological polar surface area (TPSA) is 77.2 Å². The van der Waals surface area contributed by atoms with Crippen LogP contribution in [0.5, 0.6) is 5.75 Å². The van der Waals surface area contributed by atoms with Crippen LogP contribution in [0.15, 0.2) is 66.7 Å². The van der Waals surface area contributed by atoms with Crippen molar-refractivity contribution in [3.8, 4) is 17.3 Å². The van der Waals surface area contributed by atoms with Crippen molar-refractivity contribution in [2.45, 2.75) is 52.0 Å². The summed E-state index contributed by atoms with van der Waals surface area (Å²) in [5, 5.41) is 9.39. The van der Waals surface area contributed by atoms with Crippen LogP contribution < -0.4 is 4.74 Å². The number of imidazole rings is 1. The molecular formula is C28H31N3O3. The van der Waals surface area contributed by atoms with Crippen LogP contribution in [0.4, 0.5) is 0 Å². The Labute approximate surface area is 200 Å². The van der Waals surface area contributed by atoms with Crippen molar-refractivity contribution >= 4 is 17.0 Å². The SMILES string of the molecule is CCCCCCCCOc1ccc2nc(-c3cccc(C(=O)O)n3)n(Cc3ccccc3)c2c1. The van der Waals surface area contributed by atoms with Gasteiger partial charge in [-0.2, -0.15) is 0 Å². The normalized spacial score (nSPS) is 11.1. The first-order valence-electron chi connectivity index (χ1n) is 12.0. The molecule has 0 aliphatic rings. The summed E-state index contributed by atoms with van der Waals surface area (Å²) in [7, 11) is 0. The Morgan fingerprint density at radius 1 is 0.912 bits per heavy atom. The largest absolute Gasteiger partial charge is 0.494 e. The standard InChI is InChI=1S/C28H31N3O3/c1-2-3-4-5-6-10-18-34-22-16-17-23-26(19-22)31(20-21-12-8-7-9-13-21)27(30-23)24-14-11-15-25(29-24)28(32)33/h7-9,11-17,19H,2-6,10,18,20H2,1H3,(H,32,33). The third-order valence-electron chi connectivity index (χ3n) is 5.87. The van der Waals surface area contributed by atoms with E-state index in [0.717, 1.165) is 28.8 Å². The van der Waals surface area contributed by atoms with Crippen molar-refractivity contribution in [3.63, 3.8) is 0 Å². The molecule has 0 aliphatic heterocycles. The van der Waals surface area contributed by atoms with Gasteiger partial charge in [0.25, 0.3) is 0 Å². The van der Waals surface area contributed by atoms with Crippen LogP contribution in [-0.4, -0.2) is 32.2 Å². The molecule has 2 heterocycles. The van der Waals surface area contributed by atoms with E-state index in [9.17, 15) is 9.90 Å². The second kappa shape index (κ2) is 11.5. The maximum atomic E-state index is 11.5. The van der Waals surface area contributed by atoms with E-state index in [1.807, 2.05) is 36.4 Å². The van der Waals surface area contributed by atoms with Gasteiger partial charge in [0.2, 0.25) is 0 Å². The first-order chi connectivity index (χ1) is 16.7. The van der Waals surface area contributed by atoms with Crippen LogP contribution in [0.25, 0.3) is 22.6 Å². The van der Waals surface area contributed by atoms with Gasteiger partial charge in [0, 0.05) is 12.6 Å². The number of ether oxygens (including phenoxy) is 1. The predicted octanol–water partition coefficient (Wildman–Crippen LogP) is 6.58. The Morgan fingerprint density at radius 3 is 2.50 bits per heavy atom. The molecule has 34 heavy (non-hydrogen) atoms. The van der Waals surface area contributed by atoms with Crippen molar-refractivity contribution < 1.29 is 14.6 Å². The minimum atomic E-state index is -1.06. The molecule has 2 aromatic carbocycles. The molecule has 0 unspecified atom stereocenters. The zero-order valence-corrected chi connectivity index (χ0v) is 19.6. The average molecular weight is 458 g/mol. The Hall–Kier alpha value is -3.67. The number of unbranched alkanes of at least 4 members (excludes halogenated alkanes) is 5. The monoisotopic (exact) mass is 457 g/mol. The second-order valence-electron chi connectivity index (χ2n) is 8.49. The van der Waals surface area contributed by atoms with Gasteiger partial charge in [0.15, 0.2) is 5.82 Å². The van der Waals surface area contributed by atoms with E-state index < -0.39 is 5.97 Å². The number of pyridine rings is 1. The number of rotatable bonds is 12. The molecule has 0 bridgehead atoms. The highest BCUT2D eigenvalue weighted by Gasteiger charge is 2.17. The van der Waals surface area contributed by atoms with E-state index in [2.05, 4.69) is 28.6 Å². The fraction of sp³-hybridized carbons (Fsp3) is 0.321. The van der Waals surface area contributed by atoms with Gasteiger partial charge >= 0.3 is 5.97 Å². The Kier molecular flexibility index (Phi) is 7.91. The van der Waals surface area contributed by atoms with Gasteiger partial charge in [0.1, 0.15) is 17.1 Å². The Balaban J connectivity index is 1.62. The third-order valence-corrected chi connectivity index (χ3v) is 5.87. The third kappa shape index (κ3) is 5.81. The lowest BCUT2D eigenvalue weighted by Gasteiger charge is -2.11. The molecular weight excluding hydrogens is 426 g/mol. The molecule has 1 N–H and O–H groups in total. The van der Waals surface area contributed by atoms with Crippen LogP contribution in [0.1, 0.15) is 61.5 Å². The predicted molar refractivity (Wildman–Crippen MR) is 134 cm³/mol. The first kappa shape index (κ1) is 23.5. The molecule has 0 radical (unpaired) electrons. The van der Waals surface area contributed by atoms with Gasteiger partial charge in [-0.25, -0.2) is 14.8 Å². The molecule has 0 saturated heterocycles. The van der Waals surface area contributed by atoms with Crippen molar-refractivity contribution in [3.05, 3.63) is 78.0 Å². The van der Waals surface area contributed by atoms with E-state index in [1.165, 1.54) is 38.2 Å². The molecule has 0 amide bonds. The van der Waals surface area contributed by atoms with E-state index >= 15 is 0 Å². The summed E-state index contributed by atoms with van der Waals surface area (Å²) in [6, 6.07) is 21.0. The smallest absolute Gasteiger partial charge is 0.354 e. The number of hydrogen-bond donors (Lipinski definition) is 1. The van der Waals surface area contributed by atoms with Gasteiger partial charge in [-0.3, -0.25) is 0 Å². The van der Waals surface area contributed by atoms with Gasteiger partial charge in [-0.1, -0.05) is 75.4 Å². The lowest BCUT2D eigenvalue weighted by molar-refractivity contribution is 0.0690. The highest BCUT2D eigenvalue weighted by atomic mass is 16.5. The highest BCUT2D eigenvalue weighted by molar-refractivity contribution is 5.86. The minimum Gasteiger partial charge on any atom is -0.494 e. The molecule has 4 rings (SSSR count). The Bertz CT molecular complexity index is 1230. The summed E-state index contributed by atoms with van der Waals surface area (Å²) in [5.41, 5.74) is 3.40. The number of aromatic carboxylic acids is 1. The zero-order valence-electron chi connectivity index (χ0n) is 19.6. The fourth-order valence-electron chi connectivity index (χ4n) is 4.06. The molecule has 0 aliphatic carbocycles. The molecule has 2 aromatic heterocycles. The maximum absolute atomic E-state index is 11.5. The van der Waals surface area contributed by atoms with Crippen LogP contribution in [-0.2, 0) is 6.54 Å². The summed E-state index contributed by atoms with van der Waals surface area (Å²) < 4.78 is 8.14. The molecule has 0 atom stereocenters. The molecule has 0 spiro atoms. The number of fused-ring (bicyclic) bond motifs is 1. The van der Waals surface area contributed by atoms with Crippen LogP contribution in [0.2, 0.25) is 0 Å². The second-order valence-corrected chi connectivity index (χ2v) is 8.49. The number of benzene rings is 2. The lowest BCUT2D eigenvalue weighted by Crippen LogP contribution is -2.06. The summed E-state index contributed by atoms with van der Waals surface area (Å²) >= 11 is 0. The van der Waals surface area contributed by atoms with Crippen LogP contribution >= 0.6 is 0 Å². The number of nitrogens with zero attached hydrogens (tertiary/aromatic N) is 3. The van der Waals surface area contributed by atoms with Gasteiger partial charge in [-0.15, -0.1) is 0 Å². The Morgan fingerprint density at radius 2 is 1.71 bits per heavy atom. The first-order valence-corrected chi connectivity index (χ1v) is 12.0. The lowest BCUT2D eigenvalue weighted by atomic mass is 10.1. The molecule has 6 nitrogen and oxygen atoms in total. The summed E-state index contributed by atoms with van der Waals surface area (Å²) in [5.74, 6) is 0.391. The van der Waals surface area contributed by atoms with Gasteiger partial charge in [0.05, 0.1) is 17.6 Å². The van der Waals surface area contributed by atoms with Crippen molar-refractivity contribution in [2.24, 2.45) is 0 Å². The molecule has 176 valence electrons.